The predicted molar refractivity (Wildman–Crippen MR) is 120 cm³/mol. The fraction of sp³-hybridized carbons (Fsp3) is 0.182. The maximum Gasteiger partial charge on any atom is 0.264 e. The van der Waals surface area contributed by atoms with E-state index < -0.39 is 20.0 Å². The van der Waals surface area contributed by atoms with Crippen LogP contribution in [0.4, 0.5) is 11.4 Å². The van der Waals surface area contributed by atoms with Crippen LogP contribution in [-0.4, -0.2) is 30.9 Å². The van der Waals surface area contributed by atoms with Gasteiger partial charge >= 0.3 is 0 Å². The molecule has 0 aliphatic rings. The molecular formula is C22H24N2O4S2. The first-order valence-electron chi connectivity index (χ1n) is 9.25. The zero-order valence-electron chi connectivity index (χ0n) is 17.3. The summed E-state index contributed by atoms with van der Waals surface area (Å²) in [5, 5.41) is 0. The van der Waals surface area contributed by atoms with Crippen molar-refractivity contribution in [1.82, 2.24) is 0 Å². The molecule has 6 nitrogen and oxygen atoms in total. The molecule has 0 saturated heterocycles. The van der Waals surface area contributed by atoms with Crippen LogP contribution in [0.1, 0.15) is 11.1 Å². The first-order chi connectivity index (χ1) is 14.0. The van der Waals surface area contributed by atoms with Crippen LogP contribution in [0.3, 0.4) is 0 Å². The second-order valence-electron chi connectivity index (χ2n) is 7.09. The van der Waals surface area contributed by atoms with E-state index in [2.05, 4.69) is 0 Å². The molecule has 0 saturated carbocycles. The Morgan fingerprint density at radius 3 is 1.23 bits per heavy atom. The molecule has 3 rings (SSSR count). The van der Waals surface area contributed by atoms with Crippen molar-refractivity contribution in [3.05, 3.63) is 83.9 Å². The van der Waals surface area contributed by atoms with E-state index in [0.29, 0.717) is 11.4 Å². The van der Waals surface area contributed by atoms with Crippen LogP contribution in [0.15, 0.2) is 82.6 Å². The standard InChI is InChI=1S/C22H24N2O4S2/c1-17-8-12-21(13-9-17)29(25,26)23(3)19-6-5-7-20(16-19)24(4)30(27,28)22-14-10-18(2)11-15-22/h5-16H,1-4H3. The first-order valence-corrected chi connectivity index (χ1v) is 12.1. The number of hydrogen-bond donors (Lipinski definition) is 0. The van der Waals surface area contributed by atoms with E-state index in [-0.39, 0.29) is 9.79 Å². The Kier molecular flexibility index (Phi) is 5.92. The summed E-state index contributed by atoms with van der Waals surface area (Å²) in [5.41, 5.74) is 2.64. The number of sulfonamides is 2. The Morgan fingerprint density at radius 1 is 0.567 bits per heavy atom. The smallest absolute Gasteiger partial charge is 0.264 e. The molecule has 0 atom stereocenters. The van der Waals surface area contributed by atoms with Gasteiger partial charge < -0.3 is 0 Å². The minimum absolute atomic E-state index is 0.168. The third-order valence-corrected chi connectivity index (χ3v) is 8.52. The van der Waals surface area contributed by atoms with Crippen LogP contribution in [0, 0.1) is 13.8 Å². The van der Waals surface area contributed by atoms with Gasteiger partial charge in [-0.25, -0.2) is 16.8 Å². The zero-order valence-corrected chi connectivity index (χ0v) is 18.9. The maximum absolute atomic E-state index is 13.0. The third kappa shape index (κ3) is 4.20. The Bertz CT molecular complexity index is 1150. The average Bonchev–Trinajstić information content (AvgIpc) is 2.73. The lowest BCUT2D eigenvalue weighted by molar-refractivity contribution is 0.593. The Morgan fingerprint density at radius 2 is 0.900 bits per heavy atom. The maximum atomic E-state index is 13.0. The zero-order chi connectivity index (χ0) is 22.1. The molecule has 30 heavy (non-hydrogen) atoms. The fourth-order valence-electron chi connectivity index (χ4n) is 2.90. The highest BCUT2D eigenvalue weighted by Gasteiger charge is 2.24. The Labute approximate surface area is 178 Å². The average molecular weight is 445 g/mol. The van der Waals surface area contributed by atoms with Crippen molar-refractivity contribution in [2.75, 3.05) is 22.7 Å². The number of aryl methyl sites for hydroxylation is 2. The Balaban J connectivity index is 1.95. The lowest BCUT2D eigenvalue weighted by Gasteiger charge is -2.23. The van der Waals surface area contributed by atoms with Crippen molar-refractivity contribution >= 4 is 31.4 Å². The minimum atomic E-state index is -3.78. The van der Waals surface area contributed by atoms with Gasteiger partial charge in [0.1, 0.15) is 0 Å². The minimum Gasteiger partial charge on any atom is -0.269 e. The molecule has 0 spiro atoms. The Hall–Kier alpha value is -2.84. The van der Waals surface area contributed by atoms with Crippen molar-refractivity contribution in [3.63, 3.8) is 0 Å². The molecule has 0 heterocycles. The molecule has 8 heteroatoms. The van der Waals surface area contributed by atoms with Crippen LogP contribution in [0.2, 0.25) is 0 Å². The van der Waals surface area contributed by atoms with Gasteiger partial charge in [-0.1, -0.05) is 41.5 Å². The van der Waals surface area contributed by atoms with Gasteiger partial charge in [0.05, 0.1) is 21.2 Å². The van der Waals surface area contributed by atoms with E-state index in [4.69, 9.17) is 0 Å². The number of rotatable bonds is 6. The van der Waals surface area contributed by atoms with Crippen molar-refractivity contribution in [2.24, 2.45) is 0 Å². The highest BCUT2D eigenvalue weighted by molar-refractivity contribution is 7.93. The number of benzene rings is 3. The lowest BCUT2D eigenvalue weighted by atomic mass is 10.2. The molecule has 0 aromatic heterocycles. The highest BCUT2D eigenvalue weighted by atomic mass is 32.2. The van der Waals surface area contributed by atoms with Gasteiger partial charge in [0.15, 0.2) is 0 Å². The molecule has 0 amide bonds. The summed E-state index contributed by atoms with van der Waals surface area (Å²) in [7, 11) is -4.66. The molecule has 0 bridgehead atoms. The summed E-state index contributed by atoms with van der Waals surface area (Å²) in [4.78, 5) is 0.336. The predicted octanol–water partition coefficient (Wildman–Crippen LogP) is 3.95. The molecule has 0 aliphatic heterocycles. The molecule has 3 aromatic carbocycles. The first kappa shape index (κ1) is 21.9. The molecule has 0 N–H and O–H groups in total. The summed E-state index contributed by atoms with van der Waals surface area (Å²) >= 11 is 0. The van der Waals surface area contributed by atoms with Crippen LogP contribution in [0.5, 0.6) is 0 Å². The van der Waals surface area contributed by atoms with E-state index in [0.717, 1.165) is 19.7 Å². The molecule has 0 fully saturated rings. The molecule has 0 radical (unpaired) electrons. The van der Waals surface area contributed by atoms with Gasteiger partial charge in [0, 0.05) is 14.1 Å². The van der Waals surface area contributed by atoms with Gasteiger partial charge in [-0.15, -0.1) is 0 Å². The lowest BCUT2D eigenvalue weighted by Crippen LogP contribution is -2.28. The third-order valence-electron chi connectivity index (χ3n) is 4.92. The summed E-state index contributed by atoms with van der Waals surface area (Å²) < 4.78 is 54.2. The molecule has 3 aromatic rings. The molecule has 0 aliphatic carbocycles. The van der Waals surface area contributed by atoms with Crippen molar-refractivity contribution in [3.8, 4) is 0 Å². The summed E-state index contributed by atoms with van der Waals surface area (Å²) in [6, 6.07) is 19.6. The van der Waals surface area contributed by atoms with E-state index in [1.807, 2.05) is 13.8 Å². The van der Waals surface area contributed by atoms with Crippen molar-refractivity contribution in [1.29, 1.82) is 0 Å². The second-order valence-corrected chi connectivity index (χ2v) is 11.0. The second kappa shape index (κ2) is 8.12. The van der Waals surface area contributed by atoms with Crippen molar-refractivity contribution < 1.29 is 16.8 Å². The van der Waals surface area contributed by atoms with Gasteiger partial charge in [0.2, 0.25) is 0 Å². The molecule has 0 unspecified atom stereocenters. The molecular weight excluding hydrogens is 420 g/mol. The molecule has 158 valence electrons. The normalized spacial score (nSPS) is 11.9. The largest absolute Gasteiger partial charge is 0.269 e. The number of hydrogen-bond acceptors (Lipinski definition) is 4. The van der Waals surface area contributed by atoms with Gasteiger partial charge in [-0.05, 0) is 56.3 Å². The van der Waals surface area contributed by atoms with E-state index >= 15 is 0 Å². The monoisotopic (exact) mass is 444 g/mol. The topological polar surface area (TPSA) is 74.8 Å². The van der Waals surface area contributed by atoms with Crippen LogP contribution in [0.25, 0.3) is 0 Å². The number of anilines is 2. The SMILES string of the molecule is Cc1ccc(S(=O)(=O)N(C)c2cccc(N(C)S(=O)(=O)c3ccc(C)cc3)c2)cc1. The van der Waals surface area contributed by atoms with Crippen molar-refractivity contribution in [2.45, 2.75) is 23.6 Å². The summed E-state index contributed by atoms with van der Waals surface area (Å²) in [6.07, 6.45) is 0. The van der Waals surface area contributed by atoms with Gasteiger partial charge in [0.25, 0.3) is 20.0 Å². The van der Waals surface area contributed by atoms with E-state index in [1.165, 1.54) is 20.2 Å². The quantitative estimate of drug-likeness (QED) is 0.577. The van der Waals surface area contributed by atoms with Gasteiger partial charge in [-0.3, -0.25) is 8.61 Å². The highest BCUT2D eigenvalue weighted by Crippen LogP contribution is 2.28. The summed E-state index contributed by atoms with van der Waals surface area (Å²) in [6.45, 7) is 3.77. The van der Waals surface area contributed by atoms with Crippen LogP contribution < -0.4 is 8.61 Å². The van der Waals surface area contributed by atoms with E-state index in [1.54, 1.807) is 66.7 Å². The van der Waals surface area contributed by atoms with Gasteiger partial charge in [-0.2, -0.15) is 0 Å². The van der Waals surface area contributed by atoms with Crippen LogP contribution >= 0.6 is 0 Å². The van der Waals surface area contributed by atoms with E-state index in [9.17, 15) is 16.8 Å². The number of nitrogens with zero attached hydrogens (tertiary/aromatic N) is 2. The fourth-order valence-corrected chi connectivity index (χ4v) is 5.27. The van der Waals surface area contributed by atoms with Crippen LogP contribution in [-0.2, 0) is 20.0 Å². The summed E-state index contributed by atoms with van der Waals surface area (Å²) in [5.74, 6) is 0.